The number of nitrogens with zero attached hydrogens (tertiary/aromatic N) is 2. The van der Waals surface area contributed by atoms with Crippen molar-refractivity contribution in [2.75, 3.05) is 33.2 Å². The van der Waals surface area contributed by atoms with E-state index in [4.69, 9.17) is 5.73 Å². The summed E-state index contributed by atoms with van der Waals surface area (Å²) in [7, 11) is 2.22. The highest BCUT2D eigenvalue weighted by atomic mass is 15.2. The van der Waals surface area contributed by atoms with Gasteiger partial charge in [-0.1, -0.05) is 6.92 Å². The van der Waals surface area contributed by atoms with Gasteiger partial charge in [0.2, 0.25) is 0 Å². The molecular formula is C11H23N3. The molecule has 0 bridgehead atoms. The van der Waals surface area contributed by atoms with Crippen LogP contribution < -0.4 is 5.73 Å². The smallest absolute Gasteiger partial charge is 0.0180 e. The van der Waals surface area contributed by atoms with Crippen LogP contribution in [0.4, 0.5) is 0 Å². The molecule has 2 N–H and O–H groups in total. The lowest BCUT2D eigenvalue weighted by atomic mass is 9.93. The van der Waals surface area contributed by atoms with Gasteiger partial charge in [-0.25, -0.2) is 0 Å². The summed E-state index contributed by atoms with van der Waals surface area (Å²) in [6.45, 7) is 7.22. The van der Waals surface area contributed by atoms with Gasteiger partial charge in [0.05, 0.1) is 0 Å². The summed E-state index contributed by atoms with van der Waals surface area (Å²) >= 11 is 0. The van der Waals surface area contributed by atoms with Gasteiger partial charge in [-0.15, -0.1) is 0 Å². The molecule has 14 heavy (non-hydrogen) atoms. The number of hydrogen-bond donors (Lipinski definition) is 1. The van der Waals surface area contributed by atoms with E-state index in [1.165, 1.54) is 32.5 Å². The Labute approximate surface area is 87.2 Å². The first-order valence-electron chi connectivity index (χ1n) is 5.85. The maximum atomic E-state index is 5.95. The number of piperidine rings is 1. The number of rotatable bonds is 1. The molecule has 0 radical (unpaired) electrons. The van der Waals surface area contributed by atoms with E-state index in [0.717, 1.165) is 18.5 Å². The van der Waals surface area contributed by atoms with E-state index in [1.807, 2.05) is 0 Å². The molecule has 82 valence electrons. The molecule has 3 atom stereocenters. The molecule has 0 aromatic carbocycles. The first-order valence-corrected chi connectivity index (χ1v) is 5.85. The summed E-state index contributed by atoms with van der Waals surface area (Å²) in [6.07, 6.45) is 2.52. The summed E-state index contributed by atoms with van der Waals surface area (Å²) in [5.74, 6) is 0.805. The Morgan fingerprint density at radius 3 is 2.50 bits per heavy atom. The summed E-state index contributed by atoms with van der Waals surface area (Å²) in [6, 6.07) is 1.22. The number of nitrogens with two attached hydrogens (primary N) is 1. The van der Waals surface area contributed by atoms with Gasteiger partial charge in [0.25, 0.3) is 0 Å². The fourth-order valence-electron chi connectivity index (χ4n) is 3.00. The standard InChI is InChI=1S/C11H23N3/c1-9-7-13(2)5-4-11(9)14-6-3-10(12)8-14/h9-11H,3-8,12H2,1-2H3. The minimum atomic E-state index is 0.432. The second kappa shape index (κ2) is 4.17. The van der Waals surface area contributed by atoms with E-state index in [9.17, 15) is 0 Å². The third kappa shape index (κ3) is 2.10. The van der Waals surface area contributed by atoms with Gasteiger partial charge in [0.1, 0.15) is 0 Å². The highest BCUT2D eigenvalue weighted by Crippen LogP contribution is 2.24. The number of hydrogen-bond acceptors (Lipinski definition) is 3. The van der Waals surface area contributed by atoms with Crippen LogP contribution in [-0.2, 0) is 0 Å². The highest BCUT2D eigenvalue weighted by molar-refractivity contribution is 4.89. The lowest BCUT2D eigenvalue weighted by Crippen LogP contribution is -2.48. The average molecular weight is 197 g/mol. The van der Waals surface area contributed by atoms with Gasteiger partial charge >= 0.3 is 0 Å². The van der Waals surface area contributed by atoms with Crippen LogP contribution >= 0.6 is 0 Å². The molecule has 3 nitrogen and oxygen atoms in total. The zero-order chi connectivity index (χ0) is 10.1. The summed E-state index contributed by atoms with van der Waals surface area (Å²) < 4.78 is 0. The summed E-state index contributed by atoms with van der Waals surface area (Å²) in [5.41, 5.74) is 5.95. The lowest BCUT2D eigenvalue weighted by molar-refractivity contribution is 0.0919. The maximum Gasteiger partial charge on any atom is 0.0180 e. The molecule has 0 spiro atoms. The SMILES string of the molecule is CC1CN(C)CCC1N1CCC(N)C1. The summed E-state index contributed by atoms with van der Waals surface area (Å²) in [5, 5.41) is 0. The second-order valence-corrected chi connectivity index (χ2v) is 5.14. The van der Waals surface area contributed by atoms with Crippen molar-refractivity contribution < 1.29 is 0 Å². The molecule has 0 aromatic heterocycles. The van der Waals surface area contributed by atoms with Crippen molar-refractivity contribution >= 4 is 0 Å². The summed E-state index contributed by atoms with van der Waals surface area (Å²) in [4.78, 5) is 5.06. The van der Waals surface area contributed by atoms with Crippen molar-refractivity contribution in [3.05, 3.63) is 0 Å². The van der Waals surface area contributed by atoms with Gasteiger partial charge in [-0.2, -0.15) is 0 Å². The van der Waals surface area contributed by atoms with E-state index in [-0.39, 0.29) is 0 Å². The Bertz CT molecular complexity index is 195. The fourth-order valence-corrected chi connectivity index (χ4v) is 3.00. The number of likely N-dealkylation sites (tertiary alicyclic amines) is 2. The Kier molecular flexibility index (Phi) is 3.10. The third-order valence-corrected chi connectivity index (χ3v) is 3.79. The van der Waals surface area contributed by atoms with Crippen LogP contribution in [0, 0.1) is 5.92 Å². The molecule has 0 amide bonds. The van der Waals surface area contributed by atoms with E-state index >= 15 is 0 Å². The predicted molar refractivity (Wildman–Crippen MR) is 59.2 cm³/mol. The van der Waals surface area contributed by atoms with E-state index in [0.29, 0.717) is 6.04 Å². The van der Waals surface area contributed by atoms with Crippen LogP contribution in [0.2, 0.25) is 0 Å². The molecule has 3 unspecified atom stereocenters. The topological polar surface area (TPSA) is 32.5 Å². The van der Waals surface area contributed by atoms with Crippen molar-refractivity contribution in [3.63, 3.8) is 0 Å². The minimum absolute atomic E-state index is 0.432. The zero-order valence-corrected chi connectivity index (χ0v) is 9.45. The molecule has 2 rings (SSSR count). The Balaban J connectivity index is 1.91. The van der Waals surface area contributed by atoms with Crippen LogP contribution in [-0.4, -0.2) is 55.1 Å². The van der Waals surface area contributed by atoms with Crippen LogP contribution in [0.25, 0.3) is 0 Å². The quantitative estimate of drug-likeness (QED) is 0.659. The van der Waals surface area contributed by atoms with E-state index in [1.54, 1.807) is 0 Å². The second-order valence-electron chi connectivity index (χ2n) is 5.14. The zero-order valence-electron chi connectivity index (χ0n) is 9.45. The Hall–Kier alpha value is -0.120. The molecule has 2 aliphatic rings. The molecule has 0 aromatic rings. The normalized spacial score (nSPS) is 41.8. The molecule has 0 saturated carbocycles. The minimum Gasteiger partial charge on any atom is -0.326 e. The van der Waals surface area contributed by atoms with Crippen LogP contribution in [0.5, 0.6) is 0 Å². The molecule has 2 fully saturated rings. The fraction of sp³-hybridized carbons (Fsp3) is 1.00. The van der Waals surface area contributed by atoms with Crippen LogP contribution in [0.3, 0.4) is 0 Å². The van der Waals surface area contributed by atoms with E-state index in [2.05, 4.69) is 23.8 Å². The average Bonchev–Trinajstić information content (AvgIpc) is 2.51. The highest BCUT2D eigenvalue weighted by Gasteiger charge is 2.32. The van der Waals surface area contributed by atoms with Gasteiger partial charge in [-0.3, -0.25) is 4.90 Å². The van der Waals surface area contributed by atoms with Crippen LogP contribution in [0.1, 0.15) is 19.8 Å². The molecule has 2 heterocycles. The van der Waals surface area contributed by atoms with Crippen molar-refractivity contribution in [1.82, 2.24) is 9.80 Å². The monoisotopic (exact) mass is 197 g/mol. The molecule has 0 aliphatic carbocycles. The molecule has 2 aliphatic heterocycles. The Morgan fingerprint density at radius 1 is 1.14 bits per heavy atom. The van der Waals surface area contributed by atoms with Gasteiger partial charge in [0.15, 0.2) is 0 Å². The Morgan fingerprint density at radius 2 is 1.93 bits per heavy atom. The first-order chi connectivity index (χ1) is 6.66. The molecule has 3 heteroatoms. The van der Waals surface area contributed by atoms with Gasteiger partial charge in [0, 0.05) is 31.7 Å². The maximum absolute atomic E-state index is 5.95. The van der Waals surface area contributed by atoms with Gasteiger partial charge in [-0.05, 0) is 32.4 Å². The molecular weight excluding hydrogens is 174 g/mol. The largest absolute Gasteiger partial charge is 0.326 e. The van der Waals surface area contributed by atoms with Crippen LogP contribution in [0.15, 0.2) is 0 Å². The van der Waals surface area contributed by atoms with Crippen molar-refractivity contribution in [2.45, 2.75) is 31.8 Å². The molecule has 2 saturated heterocycles. The predicted octanol–water partition coefficient (Wildman–Crippen LogP) is 0.360. The van der Waals surface area contributed by atoms with Crippen molar-refractivity contribution in [2.24, 2.45) is 11.7 Å². The van der Waals surface area contributed by atoms with Gasteiger partial charge < -0.3 is 10.6 Å². The van der Waals surface area contributed by atoms with E-state index < -0.39 is 0 Å². The van der Waals surface area contributed by atoms with Crippen molar-refractivity contribution in [1.29, 1.82) is 0 Å². The van der Waals surface area contributed by atoms with Crippen molar-refractivity contribution in [3.8, 4) is 0 Å². The first kappa shape index (κ1) is 10.4. The third-order valence-electron chi connectivity index (χ3n) is 3.79. The lowest BCUT2D eigenvalue weighted by Gasteiger charge is -2.40.